The van der Waals surface area contributed by atoms with Crippen molar-refractivity contribution >= 4 is 35.6 Å². The molecule has 3 aromatic rings. The summed E-state index contributed by atoms with van der Waals surface area (Å²) >= 11 is 0. The molecule has 0 aromatic heterocycles. The number of para-hydroxylation sites is 1. The molecule has 0 aliphatic carbocycles. The fourth-order valence-electron chi connectivity index (χ4n) is 6.03. The fourth-order valence-corrected chi connectivity index (χ4v) is 6.03. The van der Waals surface area contributed by atoms with E-state index in [-0.39, 0.29) is 11.8 Å². The van der Waals surface area contributed by atoms with E-state index in [0.29, 0.717) is 12.1 Å². The highest BCUT2D eigenvalue weighted by Gasteiger charge is 2.70. The molecule has 6 nitrogen and oxygen atoms in total. The molecular weight excluding hydrogens is 476 g/mol. The van der Waals surface area contributed by atoms with E-state index in [2.05, 4.69) is 5.32 Å². The molecule has 5 rings (SSSR count). The number of anilines is 1. The third-order valence-corrected chi connectivity index (χ3v) is 8.26. The van der Waals surface area contributed by atoms with E-state index in [0.717, 1.165) is 22.3 Å². The molecule has 194 valence electrons. The normalized spacial score (nSPS) is 25.7. The summed E-state index contributed by atoms with van der Waals surface area (Å²) in [6.07, 6.45) is 4.58. The molecule has 3 aromatic carbocycles. The highest BCUT2D eigenvalue weighted by molar-refractivity contribution is 6.24. The standard InChI is InChI=1S/C32H32N2O4/c1-4-21(3)32(31(37)38)27-26(29(35)34(30(27)36)25-13-9-8-10-20(25)2)28(33-32)24-18-16-23(17-19-24)15-14-22-11-6-5-7-12-22/h5-19,21,26-28,33H,4H2,1-3H3,(H,37,38)/b15-14+. The van der Waals surface area contributed by atoms with E-state index < -0.39 is 35.3 Å². The number of carboxylic acids is 1. The van der Waals surface area contributed by atoms with E-state index in [4.69, 9.17) is 0 Å². The Morgan fingerprint density at radius 1 is 0.947 bits per heavy atom. The van der Waals surface area contributed by atoms with Crippen molar-refractivity contribution in [3.63, 3.8) is 0 Å². The van der Waals surface area contributed by atoms with Gasteiger partial charge in [0.1, 0.15) is 5.54 Å². The Labute approximate surface area is 223 Å². The van der Waals surface area contributed by atoms with Crippen molar-refractivity contribution in [1.82, 2.24) is 5.32 Å². The zero-order valence-electron chi connectivity index (χ0n) is 21.8. The number of aliphatic carboxylic acids is 1. The minimum absolute atomic E-state index is 0.355. The van der Waals surface area contributed by atoms with Crippen LogP contribution in [-0.4, -0.2) is 28.4 Å². The molecule has 0 bridgehead atoms. The van der Waals surface area contributed by atoms with Gasteiger partial charge in [-0.1, -0.05) is 105 Å². The fraction of sp³-hybridized carbons (Fsp3) is 0.281. The van der Waals surface area contributed by atoms with Crippen LogP contribution >= 0.6 is 0 Å². The van der Waals surface area contributed by atoms with Gasteiger partial charge >= 0.3 is 5.97 Å². The summed E-state index contributed by atoms with van der Waals surface area (Å²) in [7, 11) is 0. The first-order valence-electron chi connectivity index (χ1n) is 13.1. The number of rotatable bonds is 7. The lowest BCUT2D eigenvalue weighted by atomic mass is 9.72. The van der Waals surface area contributed by atoms with Gasteiger partial charge in [-0.3, -0.25) is 19.7 Å². The summed E-state index contributed by atoms with van der Waals surface area (Å²) in [6, 6.07) is 24.4. The lowest BCUT2D eigenvalue weighted by molar-refractivity contribution is -0.151. The van der Waals surface area contributed by atoms with Gasteiger partial charge in [-0.05, 0) is 41.2 Å². The number of carboxylic acid groups (broad SMARTS) is 1. The van der Waals surface area contributed by atoms with E-state index in [9.17, 15) is 19.5 Å². The monoisotopic (exact) mass is 508 g/mol. The number of amides is 2. The van der Waals surface area contributed by atoms with Gasteiger partial charge in [0.25, 0.3) is 0 Å². The second-order valence-corrected chi connectivity index (χ2v) is 10.3. The predicted molar refractivity (Wildman–Crippen MR) is 148 cm³/mol. The number of benzene rings is 3. The SMILES string of the molecule is CCC(C)C1(C(=O)O)NC(c2ccc(/C=C/c3ccccc3)cc2)C2C(=O)N(c3ccccc3C)C(=O)C21. The number of hydrogen-bond donors (Lipinski definition) is 2. The van der Waals surface area contributed by atoms with Crippen LogP contribution in [-0.2, 0) is 14.4 Å². The number of nitrogens with zero attached hydrogens (tertiary/aromatic N) is 1. The molecule has 5 atom stereocenters. The molecule has 0 radical (unpaired) electrons. The largest absolute Gasteiger partial charge is 0.480 e. The van der Waals surface area contributed by atoms with Crippen LogP contribution in [0.5, 0.6) is 0 Å². The first-order chi connectivity index (χ1) is 18.3. The van der Waals surface area contributed by atoms with Gasteiger partial charge in [0.05, 0.1) is 17.5 Å². The minimum Gasteiger partial charge on any atom is -0.480 e. The molecule has 2 aliphatic heterocycles. The van der Waals surface area contributed by atoms with Crippen molar-refractivity contribution in [1.29, 1.82) is 0 Å². The van der Waals surface area contributed by atoms with E-state index >= 15 is 0 Å². The maximum atomic E-state index is 13.9. The van der Waals surface area contributed by atoms with Gasteiger partial charge in [-0.2, -0.15) is 0 Å². The van der Waals surface area contributed by atoms with Gasteiger partial charge in [-0.15, -0.1) is 0 Å². The van der Waals surface area contributed by atoms with Crippen molar-refractivity contribution < 1.29 is 19.5 Å². The van der Waals surface area contributed by atoms with Crippen LogP contribution in [0.1, 0.15) is 48.6 Å². The topological polar surface area (TPSA) is 86.7 Å². The van der Waals surface area contributed by atoms with E-state index in [1.165, 1.54) is 4.90 Å². The third kappa shape index (κ3) is 4.05. The Morgan fingerprint density at radius 2 is 1.55 bits per heavy atom. The Kier molecular flexibility index (Phi) is 6.76. The average Bonchev–Trinajstić information content (AvgIpc) is 3.42. The molecule has 2 N–H and O–H groups in total. The molecule has 2 saturated heterocycles. The average molecular weight is 509 g/mol. The number of aryl methyl sites for hydroxylation is 1. The first kappa shape index (κ1) is 25.6. The Morgan fingerprint density at radius 3 is 2.16 bits per heavy atom. The van der Waals surface area contributed by atoms with Gasteiger partial charge in [0.2, 0.25) is 11.8 Å². The van der Waals surface area contributed by atoms with Crippen molar-refractivity contribution in [2.75, 3.05) is 4.90 Å². The molecule has 2 amide bonds. The Bertz CT molecular complexity index is 1400. The van der Waals surface area contributed by atoms with Crippen LogP contribution in [0, 0.1) is 24.7 Å². The summed E-state index contributed by atoms with van der Waals surface area (Å²) in [5, 5.41) is 13.9. The van der Waals surface area contributed by atoms with Crippen LogP contribution in [0.15, 0.2) is 78.9 Å². The summed E-state index contributed by atoms with van der Waals surface area (Å²) in [6.45, 7) is 5.60. The summed E-state index contributed by atoms with van der Waals surface area (Å²) < 4.78 is 0. The quantitative estimate of drug-likeness (QED) is 0.326. The zero-order valence-corrected chi connectivity index (χ0v) is 21.8. The van der Waals surface area contributed by atoms with Gasteiger partial charge in [0.15, 0.2) is 0 Å². The number of fused-ring (bicyclic) bond motifs is 1. The smallest absolute Gasteiger partial charge is 0.325 e. The number of imide groups is 1. The zero-order chi connectivity index (χ0) is 27.0. The highest BCUT2D eigenvalue weighted by Crippen LogP contribution is 2.53. The van der Waals surface area contributed by atoms with Crippen LogP contribution in [0.3, 0.4) is 0 Å². The molecule has 2 heterocycles. The number of nitrogens with one attached hydrogen (secondary N) is 1. The van der Waals surface area contributed by atoms with Crippen molar-refractivity contribution in [2.24, 2.45) is 17.8 Å². The lowest BCUT2D eigenvalue weighted by Gasteiger charge is -2.36. The van der Waals surface area contributed by atoms with Crippen LogP contribution in [0.2, 0.25) is 0 Å². The van der Waals surface area contributed by atoms with Crippen molar-refractivity contribution in [3.05, 3.63) is 101 Å². The summed E-state index contributed by atoms with van der Waals surface area (Å²) in [5.41, 5.74) is 2.60. The molecule has 5 unspecified atom stereocenters. The summed E-state index contributed by atoms with van der Waals surface area (Å²) in [5.74, 6) is -4.11. The second kappa shape index (κ2) is 10.0. The number of carbonyl (C=O) groups excluding carboxylic acids is 2. The Hall–Kier alpha value is -4.03. The van der Waals surface area contributed by atoms with E-state index in [1.54, 1.807) is 12.1 Å². The minimum atomic E-state index is -1.56. The molecular formula is C32H32N2O4. The molecule has 2 fully saturated rings. The summed E-state index contributed by atoms with van der Waals surface area (Å²) in [4.78, 5) is 42.0. The van der Waals surface area contributed by atoms with Gasteiger partial charge in [0, 0.05) is 6.04 Å². The highest BCUT2D eigenvalue weighted by atomic mass is 16.4. The van der Waals surface area contributed by atoms with Crippen molar-refractivity contribution in [2.45, 2.75) is 38.8 Å². The maximum Gasteiger partial charge on any atom is 0.325 e. The second-order valence-electron chi connectivity index (χ2n) is 10.3. The Balaban J connectivity index is 1.55. The first-order valence-corrected chi connectivity index (χ1v) is 13.1. The van der Waals surface area contributed by atoms with E-state index in [1.807, 2.05) is 99.7 Å². The van der Waals surface area contributed by atoms with Gasteiger partial charge < -0.3 is 5.11 Å². The third-order valence-electron chi connectivity index (χ3n) is 8.26. The molecule has 2 aliphatic rings. The maximum absolute atomic E-state index is 13.9. The predicted octanol–water partition coefficient (Wildman–Crippen LogP) is 5.49. The molecule has 0 saturated carbocycles. The van der Waals surface area contributed by atoms with Crippen LogP contribution < -0.4 is 10.2 Å². The van der Waals surface area contributed by atoms with Crippen LogP contribution in [0.4, 0.5) is 5.69 Å². The molecule has 38 heavy (non-hydrogen) atoms. The number of hydrogen-bond acceptors (Lipinski definition) is 4. The van der Waals surface area contributed by atoms with Crippen molar-refractivity contribution in [3.8, 4) is 0 Å². The van der Waals surface area contributed by atoms with Gasteiger partial charge in [-0.25, -0.2) is 4.90 Å². The number of carbonyl (C=O) groups is 3. The van der Waals surface area contributed by atoms with Crippen LogP contribution in [0.25, 0.3) is 12.2 Å². The molecule has 6 heteroatoms. The molecule has 0 spiro atoms. The lowest BCUT2D eigenvalue weighted by Crippen LogP contribution is -2.59.